The molecule has 3 aromatic rings. The van der Waals surface area contributed by atoms with Gasteiger partial charge in [-0.05, 0) is 34.8 Å². The van der Waals surface area contributed by atoms with Crippen molar-refractivity contribution in [2.75, 3.05) is 18.9 Å². The first-order valence-electron chi connectivity index (χ1n) is 12.6. The number of aromatic nitrogens is 4. The van der Waals surface area contributed by atoms with Gasteiger partial charge in [0.25, 0.3) is 0 Å². The van der Waals surface area contributed by atoms with Gasteiger partial charge in [0, 0.05) is 27.9 Å². The Morgan fingerprint density at radius 1 is 1.05 bits per heavy atom. The van der Waals surface area contributed by atoms with Crippen LogP contribution in [0, 0.1) is 0 Å². The van der Waals surface area contributed by atoms with Gasteiger partial charge >= 0.3 is 0 Å². The molecule has 1 fully saturated rings. The summed E-state index contributed by atoms with van der Waals surface area (Å²) in [5.41, 5.74) is 7.18. The van der Waals surface area contributed by atoms with E-state index in [0.29, 0.717) is 30.3 Å². The highest BCUT2D eigenvalue weighted by Crippen LogP contribution is 2.26. The lowest BCUT2D eigenvalue weighted by molar-refractivity contribution is -0.301. The average Bonchev–Trinajstić information content (AvgIpc) is 3.51. The summed E-state index contributed by atoms with van der Waals surface area (Å²) in [6.45, 7) is 1.01. The molecule has 0 radical (unpaired) electrons. The third-order valence-electron chi connectivity index (χ3n) is 6.35. The molecular formula is C24H34BrN5O7S. The second-order valence-electron chi connectivity index (χ2n) is 9.21. The van der Waals surface area contributed by atoms with Crippen molar-refractivity contribution in [3.05, 3.63) is 27.1 Å². The van der Waals surface area contributed by atoms with Gasteiger partial charge in [-0.3, -0.25) is 0 Å². The van der Waals surface area contributed by atoms with E-state index in [9.17, 15) is 20.4 Å². The van der Waals surface area contributed by atoms with Crippen LogP contribution in [-0.2, 0) is 22.6 Å². The molecule has 14 heteroatoms. The molecule has 12 nitrogen and oxygen atoms in total. The highest BCUT2D eigenvalue weighted by molar-refractivity contribution is 9.10. The van der Waals surface area contributed by atoms with Gasteiger partial charge in [-0.15, -0.1) is 11.3 Å². The molecule has 6 N–H and O–H groups in total. The van der Waals surface area contributed by atoms with E-state index in [-0.39, 0.29) is 5.95 Å². The molecule has 0 aromatic carbocycles. The molecule has 0 spiro atoms. The molecule has 1 aliphatic rings. The van der Waals surface area contributed by atoms with Crippen molar-refractivity contribution in [3.8, 4) is 5.88 Å². The largest absolute Gasteiger partial charge is 0.470 e. The Bertz CT molecular complexity index is 1160. The number of aryl methyl sites for hydroxylation is 1. The Morgan fingerprint density at radius 3 is 2.55 bits per heavy atom. The van der Waals surface area contributed by atoms with Gasteiger partial charge in [0.2, 0.25) is 11.8 Å². The number of aliphatic hydroxyl groups excluding tert-OH is 4. The van der Waals surface area contributed by atoms with Crippen molar-refractivity contribution in [1.29, 1.82) is 0 Å². The van der Waals surface area contributed by atoms with Crippen LogP contribution in [0.2, 0.25) is 0 Å². The van der Waals surface area contributed by atoms with E-state index < -0.39 is 37.3 Å². The number of thiophene rings is 1. The lowest BCUT2D eigenvalue weighted by Crippen LogP contribution is -2.59. The first-order chi connectivity index (χ1) is 18.4. The maximum Gasteiger partial charge on any atom is 0.247 e. The minimum atomic E-state index is -1.42. The van der Waals surface area contributed by atoms with Crippen LogP contribution in [0.4, 0.5) is 5.95 Å². The number of fused-ring (bicyclic) bond motifs is 1. The smallest absolute Gasteiger partial charge is 0.247 e. The van der Waals surface area contributed by atoms with E-state index in [1.54, 1.807) is 17.7 Å². The number of ether oxygens (including phenoxy) is 3. The summed E-state index contributed by atoms with van der Waals surface area (Å²) in [5.74, 6) is 0.522. The van der Waals surface area contributed by atoms with Crippen LogP contribution in [0.1, 0.15) is 43.4 Å². The number of rotatable bonds is 14. The van der Waals surface area contributed by atoms with Crippen LogP contribution in [0.15, 0.2) is 22.2 Å². The molecule has 1 aliphatic heterocycles. The van der Waals surface area contributed by atoms with E-state index in [0.717, 1.165) is 54.4 Å². The summed E-state index contributed by atoms with van der Waals surface area (Å²) >= 11 is 5.03. The van der Waals surface area contributed by atoms with E-state index >= 15 is 0 Å². The maximum atomic E-state index is 10.00. The fourth-order valence-corrected chi connectivity index (χ4v) is 5.63. The van der Waals surface area contributed by atoms with Crippen molar-refractivity contribution < 1.29 is 34.6 Å². The third-order valence-corrected chi connectivity index (χ3v) is 8.02. The van der Waals surface area contributed by atoms with Crippen LogP contribution >= 0.6 is 27.3 Å². The highest BCUT2D eigenvalue weighted by atomic mass is 79.9. The molecule has 0 saturated carbocycles. The fourth-order valence-electron chi connectivity index (χ4n) is 4.26. The molecule has 0 bridgehead atoms. The zero-order valence-electron chi connectivity index (χ0n) is 20.9. The van der Waals surface area contributed by atoms with Crippen molar-refractivity contribution in [1.82, 2.24) is 19.5 Å². The molecule has 3 aromatic heterocycles. The summed E-state index contributed by atoms with van der Waals surface area (Å²) in [4.78, 5) is 14.1. The van der Waals surface area contributed by atoms with Crippen molar-refractivity contribution in [2.24, 2.45) is 0 Å². The molecule has 0 amide bonds. The van der Waals surface area contributed by atoms with Crippen LogP contribution in [0.5, 0.6) is 5.88 Å². The predicted octanol–water partition coefficient (Wildman–Crippen LogP) is 1.97. The topological polar surface area (TPSA) is 178 Å². The predicted molar refractivity (Wildman–Crippen MR) is 144 cm³/mol. The van der Waals surface area contributed by atoms with E-state index in [1.165, 1.54) is 0 Å². The summed E-state index contributed by atoms with van der Waals surface area (Å²) < 4.78 is 19.7. The Kier molecular flexibility index (Phi) is 10.7. The number of hydrogen-bond donors (Lipinski definition) is 5. The van der Waals surface area contributed by atoms with Gasteiger partial charge < -0.3 is 44.9 Å². The molecular weight excluding hydrogens is 582 g/mol. The normalized spacial score (nSPS) is 23.8. The molecule has 0 unspecified atom stereocenters. The number of unbranched alkanes of at least 4 members (excludes halogenated alkanes) is 5. The van der Waals surface area contributed by atoms with E-state index in [4.69, 9.17) is 19.9 Å². The summed E-state index contributed by atoms with van der Waals surface area (Å²) in [6.07, 6.45) is 1.31. The lowest BCUT2D eigenvalue weighted by Gasteiger charge is -2.39. The zero-order valence-corrected chi connectivity index (χ0v) is 23.3. The third kappa shape index (κ3) is 7.39. The maximum absolute atomic E-state index is 10.00. The molecule has 0 aliphatic carbocycles. The molecule has 4 rings (SSSR count). The summed E-state index contributed by atoms with van der Waals surface area (Å²) in [6, 6.07) is 2.00. The average molecular weight is 617 g/mol. The van der Waals surface area contributed by atoms with Crippen molar-refractivity contribution in [2.45, 2.75) is 82.4 Å². The SMILES string of the molecule is Nc1nc(OCc2cc(Br)cs2)c2ncn(CCCCCCCCO[C@@H]3O[C@H](CO)[C@@H](O)[C@H](O)[C@H]3O)c2n1. The molecule has 4 heterocycles. The minimum absolute atomic E-state index is 0.146. The summed E-state index contributed by atoms with van der Waals surface area (Å²) in [5, 5.41) is 40.9. The van der Waals surface area contributed by atoms with Crippen LogP contribution in [0.3, 0.4) is 0 Å². The molecule has 210 valence electrons. The number of nitrogens with two attached hydrogens (primary N) is 1. The fraction of sp³-hybridized carbons (Fsp3) is 0.625. The molecule has 5 atom stereocenters. The Morgan fingerprint density at radius 2 is 1.82 bits per heavy atom. The van der Waals surface area contributed by atoms with Gasteiger partial charge in [0.05, 0.1) is 12.9 Å². The second kappa shape index (κ2) is 13.9. The zero-order chi connectivity index (χ0) is 27.1. The lowest BCUT2D eigenvalue weighted by atomic mass is 9.99. The van der Waals surface area contributed by atoms with Crippen molar-refractivity contribution in [3.63, 3.8) is 0 Å². The number of nitrogen functional groups attached to an aromatic ring is 1. The van der Waals surface area contributed by atoms with E-state index in [2.05, 4.69) is 30.9 Å². The standard InChI is InChI=1S/C24H34BrN5O7S/c25-14-9-15(38-12-14)11-36-22-17-21(28-24(26)29-22)30(13-27-17)7-5-3-1-2-4-6-8-35-23-20(34)19(33)18(32)16(10-31)37-23/h9,12-13,16,18-20,23,31-34H,1-8,10-11H2,(H2,26,28,29)/t16-,18-,19+,20-,23-/m1/s1. The number of aliphatic hydroxyl groups is 4. The van der Waals surface area contributed by atoms with E-state index in [1.807, 2.05) is 16.0 Å². The minimum Gasteiger partial charge on any atom is -0.470 e. The van der Waals surface area contributed by atoms with Gasteiger partial charge in [-0.25, -0.2) is 4.98 Å². The molecule has 1 saturated heterocycles. The number of hydrogen-bond acceptors (Lipinski definition) is 12. The Balaban J connectivity index is 1.14. The quantitative estimate of drug-likeness (QED) is 0.167. The molecule has 38 heavy (non-hydrogen) atoms. The van der Waals surface area contributed by atoms with Crippen LogP contribution < -0.4 is 10.5 Å². The number of anilines is 1. The van der Waals surface area contributed by atoms with Gasteiger partial charge in [0.15, 0.2) is 17.5 Å². The number of halogens is 1. The highest BCUT2D eigenvalue weighted by Gasteiger charge is 2.43. The monoisotopic (exact) mass is 615 g/mol. The number of nitrogens with zero attached hydrogens (tertiary/aromatic N) is 4. The van der Waals surface area contributed by atoms with Crippen molar-refractivity contribution >= 4 is 44.4 Å². The Hall–Kier alpha value is -1.91. The summed E-state index contributed by atoms with van der Waals surface area (Å²) in [7, 11) is 0. The Labute approximate surface area is 232 Å². The number of imidazole rings is 1. The van der Waals surface area contributed by atoms with Gasteiger partial charge in [0.1, 0.15) is 31.0 Å². The van der Waals surface area contributed by atoms with Gasteiger partial charge in [-0.2, -0.15) is 9.97 Å². The van der Waals surface area contributed by atoms with Crippen LogP contribution in [0.25, 0.3) is 11.2 Å². The van der Waals surface area contributed by atoms with Gasteiger partial charge in [-0.1, -0.05) is 25.7 Å². The second-order valence-corrected chi connectivity index (χ2v) is 11.1. The first-order valence-corrected chi connectivity index (χ1v) is 14.3. The first kappa shape index (κ1) is 29.1. The van der Waals surface area contributed by atoms with Crippen LogP contribution in [-0.4, -0.2) is 83.9 Å².